The minimum atomic E-state index is -5.07. The first-order valence-electron chi connectivity index (χ1n) is 16.9. The summed E-state index contributed by atoms with van der Waals surface area (Å²) in [6, 6.07) is 0. The Bertz CT molecular complexity index is 2110. The van der Waals surface area contributed by atoms with Crippen molar-refractivity contribution in [2.24, 2.45) is 0 Å². The molecule has 0 aliphatic carbocycles. The highest BCUT2D eigenvalue weighted by Gasteiger charge is 2.49. The van der Waals surface area contributed by atoms with E-state index in [1.807, 2.05) is 0 Å². The molecule has 0 unspecified atom stereocenters. The van der Waals surface area contributed by atoms with Crippen molar-refractivity contribution in [3.05, 3.63) is 98.6 Å². The van der Waals surface area contributed by atoms with Crippen molar-refractivity contribution in [3.63, 3.8) is 0 Å². The Kier molecular flexibility index (Phi) is 11.7. The van der Waals surface area contributed by atoms with Crippen LogP contribution < -0.4 is 33.7 Å². The number of nitrogens with zero attached hydrogens (tertiary/aromatic N) is 3. The van der Waals surface area contributed by atoms with Crippen LogP contribution in [0.4, 0.5) is 13.2 Å². The van der Waals surface area contributed by atoms with E-state index in [0.29, 0.717) is 32.3 Å². The fourth-order valence-corrected chi connectivity index (χ4v) is 8.43. The zero-order valence-electron chi connectivity index (χ0n) is 29.4. The van der Waals surface area contributed by atoms with Gasteiger partial charge in [0, 0.05) is 19.3 Å². The molecule has 3 aromatic heterocycles. The molecule has 3 aliphatic rings. The van der Waals surface area contributed by atoms with E-state index in [2.05, 4.69) is 0 Å². The number of phosphoric ester groups is 1. The Hall–Kier alpha value is -4.30. The molecule has 0 bridgehead atoms. The lowest BCUT2D eigenvalue weighted by Crippen LogP contribution is -2.39. The van der Waals surface area contributed by atoms with Gasteiger partial charge in [-0.2, -0.15) is 13.2 Å². The van der Waals surface area contributed by atoms with E-state index >= 15 is 0 Å². The number of nitrogens with one attached hydrogen (secondary N) is 3. The minimum absolute atomic E-state index is 0.342. The maximum atomic E-state index is 14.6. The molecular formula is C30H36F3N6O16P. The lowest BCUT2D eigenvalue weighted by Gasteiger charge is -2.33. The largest absolute Gasteiger partial charge is 0.475 e. The molecule has 6 N–H and O–H groups in total. The van der Waals surface area contributed by atoms with Crippen LogP contribution in [-0.2, 0) is 32.3 Å². The number of rotatable bonds is 12. The third kappa shape index (κ3) is 8.37. The van der Waals surface area contributed by atoms with Gasteiger partial charge < -0.3 is 29.5 Å². The highest BCUT2D eigenvalue weighted by molar-refractivity contribution is 7.48. The van der Waals surface area contributed by atoms with Crippen molar-refractivity contribution in [3.8, 4) is 0 Å². The minimum Gasteiger partial charge on any atom is -0.390 e. The number of ether oxygens (including phenoxy) is 3. The van der Waals surface area contributed by atoms with Crippen molar-refractivity contribution in [1.82, 2.24) is 28.7 Å². The highest BCUT2D eigenvalue weighted by Crippen LogP contribution is 2.56. The summed E-state index contributed by atoms with van der Waals surface area (Å²) in [7, 11) is -5.07. The van der Waals surface area contributed by atoms with Gasteiger partial charge in [-0.1, -0.05) is 0 Å². The first-order chi connectivity index (χ1) is 26.2. The average molecular weight is 825 g/mol. The highest BCUT2D eigenvalue weighted by atomic mass is 31.2. The SMILES string of the molecule is C[C@H](OP(=O)(O[C@@H](C)[C@H]1O[C@H](n2cc(F)c(=O)[nH]c2=O)C[C@@H]1O)O[C@@H](C)[C@H]1O[C@H](n2cc(F)c(=O)[nH]c2=O)C[C@@H]1O)[C@H]1O[C@H](n2cc(F)c(=O)[nH]c2=O)C[C@@H]1O. The van der Waals surface area contributed by atoms with Gasteiger partial charge in [0.25, 0.3) is 16.7 Å². The summed E-state index contributed by atoms with van der Waals surface area (Å²) in [5.41, 5.74) is -7.08. The van der Waals surface area contributed by atoms with Gasteiger partial charge in [0.05, 0.1) is 55.2 Å². The molecule has 0 saturated carbocycles. The molecule has 6 heterocycles. The molecule has 0 aromatic carbocycles. The Morgan fingerprint density at radius 3 is 1.09 bits per heavy atom. The summed E-state index contributed by atoms with van der Waals surface area (Å²) < 4.78 is 93.1. The van der Waals surface area contributed by atoms with E-state index in [4.69, 9.17) is 27.8 Å². The van der Waals surface area contributed by atoms with Gasteiger partial charge >= 0.3 is 24.9 Å². The van der Waals surface area contributed by atoms with Gasteiger partial charge in [0.1, 0.15) is 37.0 Å². The summed E-state index contributed by atoms with van der Waals surface area (Å²) in [4.78, 5) is 76.9. The number of hydrogen-bond donors (Lipinski definition) is 6. The third-order valence-electron chi connectivity index (χ3n) is 9.39. The molecule has 0 amide bonds. The molecule has 56 heavy (non-hydrogen) atoms. The van der Waals surface area contributed by atoms with Crippen LogP contribution >= 0.6 is 7.82 Å². The summed E-state index contributed by atoms with van der Waals surface area (Å²) in [5, 5.41) is 32.6. The van der Waals surface area contributed by atoms with Gasteiger partial charge in [-0.15, -0.1) is 0 Å². The molecule has 0 spiro atoms. The third-order valence-corrected chi connectivity index (χ3v) is 11.2. The number of H-pyrrole nitrogens is 3. The number of phosphoric acid groups is 1. The van der Waals surface area contributed by atoms with Gasteiger partial charge in [0.15, 0.2) is 0 Å². The standard InChI is InChI=1S/C30H36F3N6O16P/c1-10(22-16(40)4-19(50-22)37-7-13(31)25(43)34-28(37)46)53-56(49,54-11(2)23-17(41)5-20(51-23)38-8-14(32)26(44)35-29(38)47)55-12(3)24-18(42)6-21(52-24)39-9-15(33)27(45)36-30(39)48/h7-12,16-24,40-42H,4-6H2,1-3H3,(H,34,43,46)(H,35,44,47)(H,36,45,48)/t10-,11-,12-,16-,17-,18-,19-,20-,21-,22+,23+,24+/m0/s1. The zero-order chi connectivity index (χ0) is 41.0. The smallest absolute Gasteiger partial charge is 0.390 e. The van der Waals surface area contributed by atoms with E-state index in [1.165, 1.54) is 20.8 Å². The number of aliphatic hydroxyl groups excluding tert-OH is 3. The Balaban J connectivity index is 1.24. The molecule has 22 nitrogen and oxygen atoms in total. The topological polar surface area (TPSA) is 298 Å². The Morgan fingerprint density at radius 1 is 0.589 bits per heavy atom. The summed E-state index contributed by atoms with van der Waals surface area (Å²) in [6.07, 6.45) is -16.4. The van der Waals surface area contributed by atoms with Crippen LogP contribution in [-0.4, -0.2) is 98.9 Å². The second-order valence-corrected chi connectivity index (χ2v) is 14.9. The van der Waals surface area contributed by atoms with Crippen molar-refractivity contribution in [2.45, 2.75) is 114 Å². The molecule has 12 atom stereocenters. The molecular weight excluding hydrogens is 788 g/mol. The van der Waals surface area contributed by atoms with Crippen molar-refractivity contribution < 1.29 is 60.8 Å². The maximum absolute atomic E-state index is 14.6. The predicted molar refractivity (Wildman–Crippen MR) is 177 cm³/mol. The number of aromatic nitrogens is 6. The summed E-state index contributed by atoms with van der Waals surface area (Å²) in [6.45, 7) is 3.76. The monoisotopic (exact) mass is 824 g/mol. The van der Waals surface area contributed by atoms with E-state index in [1.54, 1.807) is 15.0 Å². The lowest BCUT2D eigenvalue weighted by molar-refractivity contribution is -0.112. The van der Waals surface area contributed by atoms with Crippen LogP contribution in [0.1, 0.15) is 58.7 Å². The van der Waals surface area contributed by atoms with Crippen LogP contribution in [0, 0.1) is 17.5 Å². The quantitative estimate of drug-likeness (QED) is 0.111. The van der Waals surface area contributed by atoms with Crippen molar-refractivity contribution in [2.75, 3.05) is 0 Å². The second kappa shape index (κ2) is 15.9. The van der Waals surface area contributed by atoms with Crippen molar-refractivity contribution in [1.29, 1.82) is 0 Å². The molecule has 3 saturated heterocycles. The Labute approximate surface area is 309 Å². The van der Waals surface area contributed by atoms with Gasteiger partial charge in [-0.3, -0.25) is 56.6 Å². The predicted octanol–water partition coefficient (Wildman–Crippen LogP) is -1.68. The van der Waals surface area contributed by atoms with Crippen LogP contribution in [0.15, 0.2) is 47.4 Å². The lowest BCUT2D eigenvalue weighted by atomic mass is 10.1. The fourth-order valence-electron chi connectivity index (χ4n) is 6.70. The number of aliphatic hydroxyl groups is 3. The van der Waals surface area contributed by atoms with Crippen LogP contribution in [0.5, 0.6) is 0 Å². The number of aromatic amines is 3. The summed E-state index contributed by atoms with van der Waals surface area (Å²) >= 11 is 0. The fraction of sp³-hybridized carbons (Fsp3) is 0.600. The molecule has 308 valence electrons. The molecule has 6 rings (SSSR count). The molecule has 0 radical (unpaired) electrons. The van der Waals surface area contributed by atoms with Crippen LogP contribution in [0.2, 0.25) is 0 Å². The normalized spacial score (nSPS) is 29.8. The first kappa shape index (κ1) is 41.3. The zero-order valence-corrected chi connectivity index (χ0v) is 30.2. The van der Waals surface area contributed by atoms with Gasteiger partial charge in [-0.05, 0) is 20.8 Å². The first-order valence-corrected chi connectivity index (χ1v) is 18.4. The Morgan fingerprint density at radius 2 is 0.839 bits per heavy atom. The maximum Gasteiger partial charge on any atom is 0.475 e. The van der Waals surface area contributed by atoms with E-state index < -0.39 is 133 Å². The van der Waals surface area contributed by atoms with E-state index in [-0.39, 0.29) is 19.3 Å². The molecule has 3 aromatic rings. The average Bonchev–Trinajstić information content (AvgIpc) is 3.81. The van der Waals surface area contributed by atoms with E-state index in [9.17, 15) is 61.8 Å². The van der Waals surface area contributed by atoms with Crippen LogP contribution in [0.3, 0.4) is 0 Å². The van der Waals surface area contributed by atoms with Crippen LogP contribution in [0.25, 0.3) is 0 Å². The number of hydrogen-bond acceptors (Lipinski definition) is 16. The second-order valence-electron chi connectivity index (χ2n) is 13.4. The van der Waals surface area contributed by atoms with Crippen molar-refractivity contribution >= 4 is 7.82 Å². The van der Waals surface area contributed by atoms with Gasteiger partial charge in [-0.25, -0.2) is 18.9 Å². The van der Waals surface area contributed by atoms with E-state index in [0.717, 1.165) is 0 Å². The molecule has 3 fully saturated rings. The summed E-state index contributed by atoms with van der Waals surface area (Å²) in [5.74, 6) is -3.98. The molecule has 26 heteroatoms. The van der Waals surface area contributed by atoms with Gasteiger partial charge in [0.2, 0.25) is 17.5 Å². The molecule has 3 aliphatic heterocycles. The number of halogens is 3.